The summed E-state index contributed by atoms with van der Waals surface area (Å²) in [5.41, 5.74) is -0.735. The van der Waals surface area contributed by atoms with E-state index in [1.54, 1.807) is 0 Å². The lowest BCUT2D eigenvalue weighted by Crippen LogP contribution is -2.42. The standard InChI is InChI=1S/C14H20F3NO3/c1-9-2-4-13(5-3-9)7-11(20)18(12(13)21)8-10(19)6-14(15,16)17/h9-10,19H,2-8H2,1H3/t9?,10-,13?/m1/s1. The molecule has 1 atom stereocenters. The first kappa shape index (κ1) is 16.3. The fraction of sp³-hybridized carbons (Fsp3) is 0.857. The van der Waals surface area contributed by atoms with Crippen LogP contribution < -0.4 is 0 Å². The topological polar surface area (TPSA) is 57.6 Å². The largest absolute Gasteiger partial charge is 0.391 e. The number of amides is 2. The third-order valence-corrected chi connectivity index (χ3v) is 4.58. The lowest BCUT2D eigenvalue weighted by molar-refractivity contribution is -0.161. The monoisotopic (exact) mass is 307 g/mol. The molecule has 0 radical (unpaired) electrons. The molecule has 120 valence electrons. The van der Waals surface area contributed by atoms with E-state index in [0.29, 0.717) is 18.8 Å². The van der Waals surface area contributed by atoms with Crippen LogP contribution in [0.4, 0.5) is 13.2 Å². The summed E-state index contributed by atoms with van der Waals surface area (Å²) in [6.45, 7) is 1.52. The molecule has 2 fully saturated rings. The first-order chi connectivity index (χ1) is 9.63. The molecule has 0 aromatic rings. The second-order valence-corrected chi connectivity index (χ2v) is 6.42. The van der Waals surface area contributed by atoms with Crippen LogP contribution in [0.15, 0.2) is 0 Å². The van der Waals surface area contributed by atoms with E-state index < -0.39 is 42.5 Å². The van der Waals surface area contributed by atoms with Gasteiger partial charge in [-0.3, -0.25) is 14.5 Å². The van der Waals surface area contributed by atoms with Crippen LogP contribution in [0.25, 0.3) is 0 Å². The summed E-state index contributed by atoms with van der Waals surface area (Å²) >= 11 is 0. The highest BCUT2D eigenvalue weighted by Crippen LogP contribution is 2.46. The summed E-state index contributed by atoms with van der Waals surface area (Å²) in [5, 5.41) is 9.44. The molecule has 7 heteroatoms. The number of imide groups is 1. The van der Waals surface area contributed by atoms with Crippen molar-refractivity contribution in [3.8, 4) is 0 Å². The van der Waals surface area contributed by atoms with E-state index in [1.807, 2.05) is 0 Å². The molecule has 1 aliphatic heterocycles. The average molecular weight is 307 g/mol. The Morgan fingerprint density at radius 2 is 1.90 bits per heavy atom. The molecule has 2 aliphatic rings. The van der Waals surface area contributed by atoms with Crippen LogP contribution >= 0.6 is 0 Å². The summed E-state index contributed by atoms with van der Waals surface area (Å²) in [4.78, 5) is 25.2. The molecule has 2 rings (SSSR count). The lowest BCUT2D eigenvalue weighted by atomic mass is 9.70. The van der Waals surface area contributed by atoms with Crippen molar-refractivity contribution in [1.29, 1.82) is 0 Å². The van der Waals surface area contributed by atoms with E-state index in [2.05, 4.69) is 6.92 Å². The molecular formula is C14H20F3NO3. The number of aliphatic hydroxyl groups is 1. The van der Waals surface area contributed by atoms with Crippen LogP contribution in [0.1, 0.15) is 45.4 Å². The Bertz CT molecular complexity index is 428. The maximum absolute atomic E-state index is 12.4. The predicted octanol–water partition coefficient (Wildman–Crippen LogP) is 2.26. The number of carbonyl (C=O) groups excluding carboxylic acids is 2. The molecule has 1 N–H and O–H groups in total. The number of nitrogens with zero attached hydrogens (tertiary/aromatic N) is 1. The number of rotatable bonds is 3. The molecule has 1 heterocycles. The van der Waals surface area contributed by atoms with Crippen molar-refractivity contribution >= 4 is 11.8 Å². The second kappa shape index (κ2) is 5.59. The fourth-order valence-electron chi connectivity index (χ4n) is 3.29. The van der Waals surface area contributed by atoms with Gasteiger partial charge in [0.2, 0.25) is 11.8 Å². The van der Waals surface area contributed by atoms with Crippen LogP contribution in [-0.4, -0.2) is 40.6 Å². The van der Waals surface area contributed by atoms with E-state index in [1.165, 1.54) is 0 Å². The first-order valence-corrected chi connectivity index (χ1v) is 7.22. The molecule has 0 aromatic carbocycles. The zero-order valence-electron chi connectivity index (χ0n) is 11.9. The molecule has 1 aliphatic carbocycles. The highest BCUT2D eigenvalue weighted by Gasteiger charge is 2.52. The Hall–Kier alpha value is -1.11. The summed E-state index contributed by atoms with van der Waals surface area (Å²) < 4.78 is 36.7. The summed E-state index contributed by atoms with van der Waals surface area (Å²) in [6.07, 6.45) is -4.71. The van der Waals surface area contributed by atoms with Crippen molar-refractivity contribution in [2.75, 3.05) is 6.54 Å². The van der Waals surface area contributed by atoms with Crippen LogP contribution in [0.5, 0.6) is 0 Å². The minimum Gasteiger partial charge on any atom is -0.391 e. The zero-order valence-corrected chi connectivity index (χ0v) is 11.9. The predicted molar refractivity (Wildman–Crippen MR) is 68.1 cm³/mol. The van der Waals surface area contributed by atoms with E-state index in [4.69, 9.17) is 0 Å². The number of halogens is 3. The van der Waals surface area contributed by atoms with Crippen LogP contribution in [0.2, 0.25) is 0 Å². The fourth-order valence-corrected chi connectivity index (χ4v) is 3.29. The van der Waals surface area contributed by atoms with Gasteiger partial charge in [0.1, 0.15) is 0 Å². The van der Waals surface area contributed by atoms with Gasteiger partial charge in [0.05, 0.1) is 24.5 Å². The Balaban J connectivity index is 2.02. The Labute approximate surface area is 121 Å². The lowest BCUT2D eigenvalue weighted by Gasteiger charge is -2.33. The van der Waals surface area contributed by atoms with Crippen LogP contribution in [0, 0.1) is 11.3 Å². The van der Waals surface area contributed by atoms with Crippen LogP contribution in [-0.2, 0) is 9.59 Å². The van der Waals surface area contributed by atoms with E-state index in [-0.39, 0.29) is 6.42 Å². The smallest absolute Gasteiger partial charge is 0.391 e. The number of alkyl halides is 3. The van der Waals surface area contributed by atoms with Crippen molar-refractivity contribution in [3.05, 3.63) is 0 Å². The first-order valence-electron chi connectivity index (χ1n) is 7.22. The van der Waals surface area contributed by atoms with E-state index in [0.717, 1.165) is 17.7 Å². The quantitative estimate of drug-likeness (QED) is 0.814. The maximum Gasteiger partial charge on any atom is 0.391 e. The van der Waals surface area contributed by atoms with Crippen molar-refractivity contribution in [1.82, 2.24) is 4.90 Å². The van der Waals surface area contributed by atoms with Crippen molar-refractivity contribution in [3.63, 3.8) is 0 Å². The van der Waals surface area contributed by atoms with Gasteiger partial charge < -0.3 is 5.11 Å². The average Bonchev–Trinajstić information content (AvgIpc) is 2.56. The van der Waals surface area contributed by atoms with Crippen molar-refractivity contribution in [2.45, 2.75) is 57.7 Å². The van der Waals surface area contributed by atoms with Gasteiger partial charge in [-0.15, -0.1) is 0 Å². The zero-order chi connectivity index (χ0) is 15.8. The third kappa shape index (κ3) is 3.56. The van der Waals surface area contributed by atoms with Gasteiger partial charge in [-0.2, -0.15) is 13.2 Å². The number of β-amino-alcohol motifs (C(OH)–C–C–N with tert-alkyl or cyclic N) is 1. The molecular weight excluding hydrogens is 287 g/mol. The number of likely N-dealkylation sites (tertiary alicyclic amines) is 1. The SMILES string of the molecule is CC1CCC2(CC1)CC(=O)N(C[C@H](O)CC(F)(F)F)C2=O. The Morgan fingerprint density at radius 1 is 1.33 bits per heavy atom. The molecule has 0 bridgehead atoms. The third-order valence-electron chi connectivity index (χ3n) is 4.58. The van der Waals surface area contributed by atoms with E-state index >= 15 is 0 Å². The van der Waals surface area contributed by atoms with Gasteiger partial charge >= 0.3 is 6.18 Å². The van der Waals surface area contributed by atoms with E-state index in [9.17, 15) is 27.9 Å². The number of hydrogen-bond acceptors (Lipinski definition) is 3. The van der Waals surface area contributed by atoms with Crippen molar-refractivity contribution < 1.29 is 27.9 Å². The van der Waals surface area contributed by atoms with Gasteiger partial charge in [0.15, 0.2) is 0 Å². The van der Waals surface area contributed by atoms with Gasteiger partial charge in [-0.05, 0) is 31.6 Å². The Kier molecular flexibility index (Phi) is 4.33. The Morgan fingerprint density at radius 3 is 2.43 bits per heavy atom. The summed E-state index contributed by atoms with van der Waals surface area (Å²) in [7, 11) is 0. The molecule has 1 spiro atoms. The molecule has 1 saturated carbocycles. The minimum atomic E-state index is -4.51. The highest BCUT2D eigenvalue weighted by atomic mass is 19.4. The molecule has 0 unspecified atom stereocenters. The normalized spacial score (nSPS) is 32.0. The van der Waals surface area contributed by atoms with Gasteiger partial charge in [0.25, 0.3) is 0 Å². The second-order valence-electron chi connectivity index (χ2n) is 6.42. The maximum atomic E-state index is 12.4. The molecule has 4 nitrogen and oxygen atoms in total. The number of aliphatic hydroxyl groups excluding tert-OH is 1. The summed E-state index contributed by atoms with van der Waals surface area (Å²) in [5.74, 6) is -0.361. The number of hydrogen-bond donors (Lipinski definition) is 1. The van der Waals surface area contributed by atoms with Gasteiger partial charge in [0, 0.05) is 6.42 Å². The molecule has 21 heavy (non-hydrogen) atoms. The number of carbonyl (C=O) groups is 2. The van der Waals surface area contributed by atoms with Crippen molar-refractivity contribution in [2.24, 2.45) is 11.3 Å². The van der Waals surface area contributed by atoms with Gasteiger partial charge in [-0.1, -0.05) is 6.92 Å². The highest BCUT2D eigenvalue weighted by molar-refractivity contribution is 6.06. The molecule has 0 aromatic heterocycles. The van der Waals surface area contributed by atoms with Gasteiger partial charge in [-0.25, -0.2) is 0 Å². The molecule has 2 amide bonds. The molecule has 1 saturated heterocycles. The van der Waals surface area contributed by atoms with Crippen LogP contribution in [0.3, 0.4) is 0 Å². The summed E-state index contributed by atoms with van der Waals surface area (Å²) in [6, 6.07) is 0. The minimum absolute atomic E-state index is 0.0668.